The third-order valence-electron chi connectivity index (χ3n) is 5.00. The zero-order valence-corrected chi connectivity index (χ0v) is 21.5. The highest BCUT2D eigenvalue weighted by molar-refractivity contribution is 14.0. The van der Waals surface area contributed by atoms with E-state index < -0.39 is 10.0 Å². The Bertz CT molecular complexity index is 528. The lowest BCUT2D eigenvalue weighted by Crippen LogP contribution is -2.42. The lowest BCUT2D eigenvalue weighted by atomic mass is 9.86. The van der Waals surface area contributed by atoms with Crippen LogP contribution in [0, 0.1) is 5.92 Å². The number of aliphatic imine (C=N–C) groups is 1. The number of hydrogen-bond acceptors (Lipinski definition) is 4. The molecule has 0 spiro atoms. The molecule has 0 radical (unpaired) electrons. The number of nitrogens with zero attached hydrogens (tertiary/aromatic N) is 2. The molecular formula is C19H42IN5O2S. The Labute approximate surface area is 190 Å². The molecule has 0 aliphatic heterocycles. The van der Waals surface area contributed by atoms with E-state index in [1.165, 1.54) is 6.42 Å². The van der Waals surface area contributed by atoms with Gasteiger partial charge in [0.2, 0.25) is 10.0 Å². The van der Waals surface area contributed by atoms with Gasteiger partial charge in [-0.3, -0.25) is 9.89 Å². The van der Waals surface area contributed by atoms with Gasteiger partial charge in [-0.25, -0.2) is 13.1 Å². The molecule has 28 heavy (non-hydrogen) atoms. The zero-order valence-electron chi connectivity index (χ0n) is 18.3. The minimum Gasteiger partial charge on any atom is -0.357 e. The van der Waals surface area contributed by atoms with Crippen molar-refractivity contribution in [2.24, 2.45) is 10.9 Å². The van der Waals surface area contributed by atoms with E-state index in [1.807, 2.05) is 6.92 Å². The molecule has 0 atom stereocenters. The van der Waals surface area contributed by atoms with Crippen LogP contribution in [0.25, 0.3) is 0 Å². The van der Waals surface area contributed by atoms with E-state index in [4.69, 9.17) is 0 Å². The summed E-state index contributed by atoms with van der Waals surface area (Å²) in [7, 11) is -3.22. The molecule has 1 fully saturated rings. The van der Waals surface area contributed by atoms with Gasteiger partial charge in [0.1, 0.15) is 0 Å². The molecule has 1 rings (SSSR count). The highest BCUT2D eigenvalue weighted by atomic mass is 127. The van der Waals surface area contributed by atoms with E-state index in [0.717, 1.165) is 38.9 Å². The summed E-state index contributed by atoms with van der Waals surface area (Å²) in [5, 5.41) is 6.31. The maximum atomic E-state index is 12.1. The number of rotatable bonds is 13. The largest absolute Gasteiger partial charge is 0.357 e. The third-order valence-corrected chi connectivity index (χ3v) is 6.34. The van der Waals surface area contributed by atoms with E-state index in [1.54, 1.807) is 0 Å². The first-order valence-electron chi connectivity index (χ1n) is 10.5. The molecule has 0 saturated heterocycles. The lowest BCUT2D eigenvalue weighted by molar-refractivity contribution is 0.174. The predicted molar refractivity (Wildman–Crippen MR) is 130 cm³/mol. The van der Waals surface area contributed by atoms with Gasteiger partial charge in [-0.15, -0.1) is 24.0 Å². The first-order valence-corrected chi connectivity index (χ1v) is 12.2. The van der Waals surface area contributed by atoms with Crippen LogP contribution in [0.5, 0.6) is 0 Å². The maximum absolute atomic E-state index is 12.1. The number of guanidine groups is 1. The third kappa shape index (κ3) is 11.8. The molecule has 1 saturated carbocycles. The highest BCUT2D eigenvalue weighted by Crippen LogP contribution is 2.25. The van der Waals surface area contributed by atoms with E-state index in [-0.39, 0.29) is 29.7 Å². The zero-order chi connectivity index (χ0) is 20.3. The molecular weight excluding hydrogens is 489 g/mol. The molecule has 9 heteroatoms. The van der Waals surface area contributed by atoms with Crippen LogP contribution < -0.4 is 15.4 Å². The summed E-state index contributed by atoms with van der Waals surface area (Å²) in [5.41, 5.74) is 0. The average Bonchev–Trinajstić information content (AvgIpc) is 2.52. The fourth-order valence-electron chi connectivity index (χ4n) is 3.22. The molecule has 0 aromatic heterocycles. The molecule has 0 amide bonds. The van der Waals surface area contributed by atoms with Gasteiger partial charge in [-0.2, -0.15) is 0 Å². The Morgan fingerprint density at radius 2 is 1.79 bits per heavy atom. The van der Waals surface area contributed by atoms with Crippen LogP contribution in [-0.2, 0) is 10.0 Å². The van der Waals surface area contributed by atoms with Gasteiger partial charge in [-0.1, -0.05) is 6.42 Å². The standard InChI is InChI=1S/C19H41N5O2S.HI/c1-6-20-19(21-11-8-13-24(16(2)3)17(4)5)22-12-14-27(25,26)23-15-18-9-7-10-18;/h16-18,23H,6-15H2,1-5H3,(H2,20,21,22);1H. The Kier molecular flexibility index (Phi) is 14.7. The first-order chi connectivity index (χ1) is 12.7. The van der Waals surface area contributed by atoms with Crippen molar-refractivity contribution in [1.82, 2.24) is 20.3 Å². The molecule has 0 aromatic rings. The van der Waals surface area contributed by atoms with Gasteiger partial charge < -0.3 is 10.6 Å². The van der Waals surface area contributed by atoms with Crippen molar-refractivity contribution in [1.29, 1.82) is 0 Å². The summed E-state index contributed by atoms with van der Waals surface area (Å²) >= 11 is 0. The van der Waals surface area contributed by atoms with Crippen molar-refractivity contribution in [3.8, 4) is 0 Å². The number of halogens is 1. The smallest absolute Gasteiger partial charge is 0.213 e. The van der Waals surface area contributed by atoms with Crippen molar-refractivity contribution >= 4 is 40.0 Å². The summed E-state index contributed by atoms with van der Waals surface area (Å²) in [6, 6.07) is 1.05. The van der Waals surface area contributed by atoms with Gasteiger partial charge >= 0.3 is 0 Å². The summed E-state index contributed by atoms with van der Waals surface area (Å²) < 4.78 is 26.8. The summed E-state index contributed by atoms with van der Waals surface area (Å²) in [6.45, 7) is 14.3. The van der Waals surface area contributed by atoms with Gasteiger partial charge in [-0.05, 0) is 59.8 Å². The van der Waals surface area contributed by atoms with E-state index in [2.05, 4.69) is 52.9 Å². The predicted octanol–water partition coefficient (Wildman–Crippen LogP) is 2.39. The first kappa shape index (κ1) is 27.9. The monoisotopic (exact) mass is 531 g/mol. The molecule has 0 aromatic carbocycles. The Morgan fingerprint density at radius 3 is 2.29 bits per heavy atom. The highest BCUT2D eigenvalue weighted by Gasteiger charge is 2.20. The second-order valence-electron chi connectivity index (χ2n) is 7.93. The quantitative estimate of drug-likeness (QED) is 0.147. The van der Waals surface area contributed by atoms with Crippen molar-refractivity contribution in [3.05, 3.63) is 0 Å². The summed E-state index contributed by atoms with van der Waals surface area (Å²) in [6.07, 6.45) is 4.49. The summed E-state index contributed by atoms with van der Waals surface area (Å²) in [4.78, 5) is 7.03. The number of sulfonamides is 1. The topological polar surface area (TPSA) is 85.8 Å². The van der Waals surface area contributed by atoms with Crippen LogP contribution >= 0.6 is 24.0 Å². The molecule has 1 aliphatic rings. The van der Waals surface area contributed by atoms with Crippen LogP contribution in [0.4, 0.5) is 0 Å². The Balaban J connectivity index is 0.00000729. The maximum Gasteiger partial charge on any atom is 0.213 e. The Morgan fingerprint density at radius 1 is 1.14 bits per heavy atom. The van der Waals surface area contributed by atoms with E-state index >= 15 is 0 Å². The average molecular weight is 532 g/mol. The van der Waals surface area contributed by atoms with Gasteiger partial charge in [0.15, 0.2) is 5.96 Å². The molecule has 3 N–H and O–H groups in total. The van der Waals surface area contributed by atoms with Crippen molar-refractivity contribution < 1.29 is 8.42 Å². The van der Waals surface area contributed by atoms with Crippen LogP contribution in [0.15, 0.2) is 4.99 Å². The minimum absolute atomic E-state index is 0. The van der Waals surface area contributed by atoms with Gasteiger partial charge in [0.25, 0.3) is 0 Å². The SMILES string of the molecule is CCNC(=NCCCN(C(C)C)C(C)C)NCCS(=O)(=O)NCC1CCC1.I. The molecule has 0 bridgehead atoms. The van der Waals surface area contributed by atoms with Crippen molar-refractivity contribution in [2.75, 3.05) is 38.5 Å². The van der Waals surface area contributed by atoms with Gasteiger partial charge in [0, 0.05) is 44.8 Å². The fraction of sp³-hybridized carbons (Fsp3) is 0.947. The molecule has 168 valence electrons. The molecule has 1 aliphatic carbocycles. The van der Waals surface area contributed by atoms with Crippen LogP contribution in [0.1, 0.15) is 60.3 Å². The second kappa shape index (κ2) is 14.8. The normalized spacial score (nSPS) is 15.6. The van der Waals surface area contributed by atoms with Crippen molar-refractivity contribution in [3.63, 3.8) is 0 Å². The van der Waals surface area contributed by atoms with Crippen LogP contribution in [0.3, 0.4) is 0 Å². The lowest BCUT2D eigenvalue weighted by Gasteiger charge is -2.30. The number of hydrogen-bond donors (Lipinski definition) is 3. The summed E-state index contributed by atoms with van der Waals surface area (Å²) in [5.74, 6) is 1.29. The minimum atomic E-state index is -3.22. The fourth-order valence-corrected chi connectivity index (χ4v) is 4.22. The van der Waals surface area contributed by atoms with Crippen LogP contribution in [0.2, 0.25) is 0 Å². The second-order valence-corrected chi connectivity index (χ2v) is 9.86. The van der Waals surface area contributed by atoms with E-state index in [9.17, 15) is 8.42 Å². The van der Waals surface area contributed by atoms with Crippen LogP contribution in [-0.4, -0.2) is 69.8 Å². The van der Waals surface area contributed by atoms with E-state index in [0.29, 0.717) is 37.1 Å². The number of nitrogens with one attached hydrogen (secondary N) is 3. The van der Waals surface area contributed by atoms with Crippen molar-refractivity contribution in [2.45, 2.75) is 72.4 Å². The molecule has 0 unspecified atom stereocenters. The molecule has 7 nitrogen and oxygen atoms in total. The Hall–Kier alpha value is -0.130. The molecule has 0 heterocycles. The van der Waals surface area contributed by atoms with Gasteiger partial charge in [0.05, 0.1) is 5.75 Å².